The smallest absolute Gasteiger partial charge is 0.311 e. The number of rotatable bonds is 10. The lowest BCUT2D eigenvalue weighted by atomic mass is 9.54. The third-order valence-electron chi connectivity index (χ3n) is 12.6. The van der Waals surface area contributed by atoms with Gasteiger partial charge in [0.05, 0.1) is 35.3 Å². The van der Waals surface area contributed by atoms with Crippen LogP contribution in [0.4, 0.5) is 8.78 Å². The normalized spacial score (nSPS) is 26.9. The molecule has 0 amide bonds. The van der Waals surface area contributed by atoms with Gasteiger partial charge >= 0.3 is 17.9 Å². The van der Waals surface area contributed by atoms with E-state index in [0.29, 0.717) is 6.42 Å². The number of alkyl halides is 2. The van der Waals surface area contributed by atoms with Crippen LogP contribution in [0.15, 0.2) is 154 Å². The molecule has 1 heterocycles. The topological polar surface area (TPSA) is 78.9 Å². The molecule has 0 N–H and O–H groups in total. The van der Waals surface area contributed by atoms with Crippen molar-refractivity contribution < 1.29 is 37.4 Å². The van der Waals surface area contributed by atoms with Crippen molar-refractivity contribution in [3.63, 3.8) is 0 Å². The molecule has 11 rings (SSSR count). The predicted octanol–water partition coefficient (Wildman–Crippen LogP) is 9.76. The third kappa shape index (κ3) is 7.12. The lowest BCUT2D eigenvalue weighted by Gasteiger charge is -2.48. The first-order valence-corrected chi connectivity index (χ1v) is 21.4. The Morgan fingerprint density at radius 1 is 0.672 bits per heavy atom. The molecule has 9 heteroatoms. The fourth-order valence-electron chi connectivity index (χ4n) is 10.3. The zero-order valence-corrected chi connectivity index (χ0v) is 32.9. The molecule has 6 aliphatic rings. The molecule has 4 bridgehead atoms. The second kappa shape index (κ2) is 15.8. The SMILES string of the molecule is CC(F)(F)CCCOC(=O)C1C2c3ccccc3C(c3ccccc32)C1C(=O)OC1C2CC3C(=O)OC1C3C2.c1ccc([S+](c2ccccc2)c2ccccc2)cc1. The maximum atomic E-state index is 14.1. The highest BCUT2D eigenvalue weighted by Gasteiger charge is 2.64. The molecule has 0 aromatic heterocycles. The van der Waals surface area contributed by atoms with E-state index in [2.05, 4.69) is 91.0 Å². The third-order valence-corrected chi connectivity index (χ3v) is 14.8. The van der Waals surface area contributed by atoms with E-state index in [9.17, 15) is 23.2 Å². The van der Waals surface area contributed by atoms with E-state index >= 15 is 0 Å². The van der Waals surface area contributed by atoms with Crippen LogP contribution in [0, 0.1) is 29.6 Å². The van der Waals surface area contributed by atoms with Crippen LogP contribution in [-0.2, 0) is 39.5 Å². The highest BCUT2D eigenvalue weighted by atomic mass is 32.2. The first-order valence-electron chi connectivity index (χ1n) is 20.2. The Morgan fingerprint density at radius 3 is 1.59 bits per heavy atom. The van der Waals surface area contributed by atoms with Crippen LogP contribution in [0.1, 0.15) is 66.7 Å². The largest absolute Gasteiger partial charge is 0.465 e. The summed E-state index contributed by atoms with van der Waals surface area (Å²) in [4.78, 5) is 44.1. The second-order valence-corrected chi connectivity index (χ2v) is 18.2. The fraction of sp³-hybridized carbons (Fsp3) is 0.327. The maximum Gasteiger partial charge on any atom is 0.311 e. The van der Waals surface area contributed by atoms with E-state index in [1.54, 1.807) is 0 Å². The van der Waals surface area contributed by atoms with Gasteiger partial charge in [-0.05, 0) is 84.8 Å². The van der Waals surface area contributed by atoms with E-state index < -0.39 is 53.7 Å². The van der Waals surface area contributed by atoms with Gasteiger partial charge in [-0.1, -0.05) is 103 Å². The number of hydrogen-bond donors (Lipinski definition) is 0. The van der Waals surface area contributed by atoms with Crippen LogP contribution in [0.25, 0.3) is 0 Å². The van der Waals surface area contributed by atoms with Crippen LogP contribution in [0.3, 0.4) is 0 Å². The summed E-state index contributed by atoms with van der Waals surface area (Å²) in [5, 5.41) is 0. The zero-order valence-electron chi connectivity index (χ0n) is 32.1. The molecule has 0 radical (unpaired) electrons. The standard InChI is InChI=1S/C31H30F2O6.C18H15S/c1-31(32,33)11-6-12-37-29(35)24-22-16-7-2-4-9-18(16)23(19-10-5-3-8-17(19)22)25(24)30(36)38-26-15-13-20-21(14-15)28(34)39-27(20)26;1-4-10-16(11-5-1)19(17-12-6-2-7-13-17)18-14-8-3-9-15-18/h2-5,7-10,15,20-27H,6,11-14H2,1H3;1-15H/q;+1. The van der Waals surface area contributed by atoms with E-state index in [1.807, 2.05) is 48.5 Å². The van der Waals surface area contributed by atoms with Crippen LogP contribution >= 0.6 is 0 Å². The molecule has 5 aliphatic carbocycles. The van der Waals surface area contributed by atoms with Crippen LogP contribution in [0.5, 0.6) is 0 Å². The van der Waals surface area contributed by atoms with Gasteiger partial charge in [0.2, 0.25) is 5.92 Å². The van der Waals surface area contributed by atoms with E-state index in [1.165, 1.54) is 14.7 Å². The van der Waals surface area contributed by atoms with E-state index in [-0.39, 0.29) is 54.1 Å². The van der Waals surface area contributed by atoms with Crippen molar-refractivity contribution in [1.29, 1.82) is 0 Å². The molecular weight excluding hydrogens is 755 g/mol. The van der Waals surface area contributed by atoms with Crippen molar-refractivity contribution in [2.45, 2.75) is 77.3 Å². The Labute approximate surface area is 340 Å². The Morgan fingerprint density at radius 2 is 1.12 bits per heavy atom. The molecule has 5 aromatic carbocycles. The average Bonchev–Trinajstić information content (AvgIpc) is 3.89. The molecule has 0 spiro atoms. The highest BCUT2D eigenvalue weighted by molar-refractivity contribution is 7.97. The molecule has 7 atom stereocenters. The number of carbonyl (C=O) groups is 3. The molecule has 7 unspecified atom stereocenters. The van der Waals surface area contributed by atoms with Gasteiger partial charge in [0.25, 0.3) is 0 Å². The minimum atomic E-state index is -2.84. The minimum Gasteiger partial charge on any atom is -0.465 e. The summed E-state index contributed by atoms with van der Waals surface area (Å²) in [5.41, 5.74) is 3.91. The monoisotopic (exact) mass is 799 g/mol. The molecule has 1 saturated heterocycles. The molecule has 1 aliphatic heterocycles. The zero-order chi connectivity index (χ0) is 40.0. The van der Waals surface area contributed by atoms with Crippen LogP contribution in [0.2, 0.25) is 0 Å². The molecular formula is C49H45F2O6S+. The maximum absolute atomic E-state index is 14.1. The molecule has 2 saturated carbocycles. The quantitative estimate of drug-likeness (QED) is 0.0606. The van der Waals surface area contributed by atoms with Crippen molar-refractivity contribution in [2.24, 2.45) is 29.6 Å². The number of ether oxygens (including phenoxy) is 3. The predicted molar refractivity (Wildman–Crippen MR) is 215 cm³/mol. The first kappa shape index (κ1) is 38.2. The van der Waals surface area contributed by atoms with Crippen LogP contribution < -0.4 is 0 Å². The number of esters is 3. The summed E-state index contributed by atoms with van der Waals surface area (Å²) < 4.78 is 44.0. The van der Waals surface area contributed by atoms with Crippen molar-refractivity contribution in [1.82, 2.24) is 0 Å². The van der Waals surface area contributed by atoms with Crippen molar-refractivity contribution in [2.75, 3.05) is 6.61 Å². The lowest BCUT2D eigenvalue weighted by molar-refractivity contribution is -0.173. The Hall–Kier alpha value is -5.28. The van der Waals surface area contributed by atoms with Crippen molar-refractivity contribution in [3.8, 4) is 0 Å². The van der Waals surface area contributed by atoms with Gasteiger partial charge in [0.1, 0.15) is 12.2 Å². The van der Waals surface area contributed by atoms with Gasteiger partial charge in [0, 0.05) is 30.1 Å². The van der Waals surface area contributed by atoms with Crippen molar-refractivity contribution in [3.05, 3.63) is 162 Å². The molecule has 5 aromatic rings. The number of hydrogen-bond acceptors (Lipinski definition) is 6. The van der Waals surface area contributed by atoms with E-state index in [0.717, 1.165) is 35.6 Å². The van der Waals surface area contributed by atoms with Gasteiger partial charge in [-0.25, -0.2) is 8.78 Å². The number of fused-ring (bicyclic) bond motifs is 2. The number of carbonyl (C=O) groups excluding carboxylic acids is 3. The lowest BCUT2D eigenvalue weighted by Crippen LogP contribution is -2.49. The van der Waals surface area contributed by atoms with E-state index in [4.69, 9.17) is 14.2 Å². The Bertz CT molecular complexity index is 2140. The molecule has 296 valence electrons. The number of halogens is 2. The second-order valence-electron chi connectivity index (χ2n) is 16.2. The summed E-state index contributed by atoms with van der Waals surface area (Å²) in [6, 6.07) is 47.8. The summed E-state index contributed by atoms with van der Waals surface area (Å²) >= 11 is 0. The van der Waals surface area contributed by atoms with Gasteiger partial charge in [-0.3, -0.25) is 14.4 Å². The van der Waals surface area contributed by atoms with Gasteiger partial charge < -0.3 is 14.2 Å². The summed E-state index contributed by atoms with van der Waals surface area (Å²) in [6.07, 6.45) is 0.159. The van der Waals surface area contributed by atoms with Gasteiger partial charge in [0.15, 0.2) is 14.7 Å². The minimum absolute atomic E-state index is 0.0146. The van der Waals surface area contributed by atoms with Gasteiger partial charge in [-0.2, -0.15) is 0 Å². The van der Waals surface area contributed by atoms with Crippen LogP contribution in [-0.4, -0.2) is 42.6 Å². The molecule has 3 fully saturated rings. The Kier molecular flexibility index (Phi) is 10.4. The molecule has 58 heavy (non-hydrogen) atoms. The summed E-state index contributed by atoms with van der Waals surface area (Å²) in [7, 11) is -0.0146. The van der Waals surface area contributed by atoms with Crippen molar-refractivity contribution >= 4 is 28.8 Å². The number of benzene rings is 5. The summed E-state index contributed by atoms with van der Waals surface area (Å²) in [5.74, 6) is -6.59. The first-order chi connectivity index (χ1) is 28.2. The fourth-order valence-corrected chi connectivity index (χ4v) is 12.4. The summed E-state index contributed by atoms with van der Waals surface area (Å²) in [6.45, 7) is 0.696. The Balaban J connectivity index is 0.000000192. The average molecular weight is 800 g/mol. The molecule has 6 nitrogen and oxygen atoms in total. The van der Waals surface area contributed by atoms with Gasteiger partial charge in [-0.15, -0.1) is 0 Å². The highest BCUT2D eigenvalue weighted by Crippen LogP contribution is 2.60.